The third-order valence-electron chi connectivity index (χ3n) is 4.58. The molecule has 2 aliphatic rings. The van der Waals surface area contributed by atoms with Crippen LogP contribution in [-0.4, -0.2) is 21.3 Å². The molecule has 1 N–H and O–H groups in total. The first-order valence-corrected chi connectivity index (χ1v) is 8.11. The molecule has 2 aliphatic carbocycles. The molecular formula is C16H28Cl2O2. The fourth-order valence-corrected chi connectivity index (χ4v) is 3.62. The molecule has 0 aliphatic heterocycles. The Kier molecular flexibility index (Phi) is 5.27. The van der Waals surface area contributed by atoms with Gasteiger partial charge >= 0.3 is 0 Å². The van der Waals surface area contributed by atoms with Gasteiger partial charge in [-0.25, -0.2) is 0 Å². The zero-order valence-electron chi connectivity index (χ0n) is 13.5. The normalized spacial score (nSPS) is 32.6. The average molecular weight is 323 g/mol. The number of alkyl halides is 2. The van der Waals surface area contributed by atoms with Gasteiger partial charge in [0.1, 0.15) is 0 Å². The quantitative estimate of drug-likeness (QED) is 0.662. The summed E-state index contributed by atoms with van der Waals surface area (Å²) in [5.74, 6) is 0.819. The second-order valence-corrected chi connectivity index (χ2v) is 9.74. The Morgan fingerprint density at radius 2 is 1.50 bits per heavy atom. The molecule has 2 rings (SSSR count). The van der Waals surface area contributed by atoms with Crippen molar-refractivity contribution in [3.63, 3.8) is 0 Å². The Morgan fingerprint density at radius 1 is 1.05 bits per heavy atom. The van der Waals surface area contributed by atoms with Gasteiger partial charge in [-0.15, -0.1) is 0 Å². The molecule has 118 valence electrons. The number of hydrogen-bond donors (Lipinski definition) is 1. The van der Waals surface area contributed by atoms with E-state index in [9.17, 15) is 4.79 Å². The number of carbonyl (C=O) groups excluding carboxylic acids is 1. The van der Waals surface area contributed by atoms with Crippen LogP contribution in [0.15, 0.2) is 0 Å². The van der Waals surface area contributed by atoms with Crippen LogP contribution in [0, 0.1) is 22.7 Å². The van der Waals surface area contributed by atoms with E-state index in [1.807, 2.05) is 20.8 Å². The highest BCUT2D eigenvalue weighted by atomic mass is 35.5. The first-order valence-electron chi connectivity index (χ1n) is 7.35. The minimum Gasteiger partial charge on any atom is -0.393 e. The molecule has 2 nitrogen and oxygen atoms in total. The van der Waals surface area contributed by atoms with Gasteiger partial charge in [-0.2, -0.15) is 0 Å². The highest BCUT2D eigenvalue weighted by Gasteiger charge is 2.56. The first kappa shape index (κ1) is 18.3. The zero-order valence-corrected chi connectivity index (χ0v) is 15.0. The van der Waals surface area contributed by atoms with Gasteiger partial charge in [0.05, 0.1) is 6.10 Å². The molecule has 0 aromatic carbocycles. The van der Waals surface area contributed by atoms with Crippen molar-refractivity contribution >= 4 is 29.0 Å². The van der Waals surface area contributed by atoms with Gasteiger partial charge < -0.3 is 5.11 Å². The van der Waals surface area contributed by atoms with E-state index in [2.05, 4.69) is 20.8 Å². The number of aliphatic hydroxyl groups is 1. The van der Waals surface area contributed by atoms with Crippen molar-refractivity contribution in [1.82, 2.24) is 0 Å². The predicted molar refractivity (Wildman–Crippen MR) is 85.2 cm³/mol. The van der Waals surface area contributed by atoms with Gasteiger partial charge in [0.25, 0.3) is 0 Å². The molecule has 4 heteroatoms. The third-order valence-corrected chi connectivity index (χ3v) is 5.53. The molecular weight excluding hydrogens is 295 g/mol. The number of Topliss-reactive ketones (excluding diaryl/α,β-unsaturated/α-hetero) is 1. The van der Waals surface area contributed by atoms with Gasteiger partial charge in [-0.05, 0) is 29.6 Å². The van der Waals surface area contributed by atoms with E-state index in [0.29, 0.717) is 11.8 Å². The van der Waals surface area contributed by atoms with E-state index in [1.165, 1.54) is 0 Å². The second-order valence-electron chi connectivity index (χ2n) is 8.36. The lowest BCUT2D eigenvalue weighted by Crippen LogP contribution is -2.53. The molecule has 0 amide bonds. The minimum atomic E-state index is -1.11. The van der Waals surface area contributed by atoms with Crippen molar-refractivity contribution in [2.45, 2.75) is 71.2 Å². The molecule has 0 radical (unpaired) electrons. The van der Waals surface area contributed by atoms with Crippen LogP contribution in [0.5, 0.6) is 0 Å². The molecule has 0 aromatic heterocycles. The molecule has 20 heavy (non-hydrogen) atoms. The van der Waals surface area contributed by atoms with E-state index >= 15 is 0 Å². The monoisotopic (exact) mass is 322 g/mol. The molecule has 2 saturated carbocycles. The van der Waals surface area contributed by atoms with Gasteiger partial charge in [0, 0.05) is 12.3 Å². The van der Waals surface area contributed by atoms with Crippen LogP contribution in [0.25, 0.3) is 0 Å². The van der Waals surface area contributed by atoms with Crippen LogP contribution in [-0.2, 0) is 4.79 Å². The van der Waals surface area contributed by atoms with Crippen LogP contribution in [0.3, 0.4) is 0 Å². The summed E-state index contributed by atoms with van der Waals surface area (Å²) in [7, 11) is 0. The summed E-state index contributed by atoms with van der Waals surface area (Å²) in [5, 5.41) is 8.98. The molecule has 0 spiro atoms. The molecule has 2 fully saturated rings. The third kappa shape index (κ3) is 4.11. The second kappa shape index (κ2) is 5.78. The minimum absolute atomic E-state index is 0.00854. The Hall–Kier alpha value is 0.210. The topological polar surface area (TPSA) is 37.3 Å². The van der Waals surface area contributed by atoms with Gasteiger partial charge in [-0.1, -0.05) is 64.7 Å². The fourth-order valence-electron chi connectivity index (χ4n) is 2.66. The molecule has 0 bridgehead atoms. The molecule has 0 aromatic rings. The Balaban J connectivity index is 0.000000204. The van der Waals surface area contributed by atoms with E-state index in [0.717, 1.165) is 18.8 Å². The Labute approximate surface area is 133 Å². The van der Waals surface area contributed by atoms with Crippen molar-refractivity contribution in [3.8, 4) is 0 Å². The van der Waals surface area contributed by atoms with Crippen molar-refractivity contribution in [1.29, 1.82) is 0 Å². The summed E-state index contributed by atoms with van der Waals surface area (Å²) >= 11 is 11.6. The predicted octanol–water partition coefficient (Wildman–Crippen LogP) is 4.60. The maximum atomic E-state index is 10.9. The SMILES string of the molecule is CC(C)(C)C1CC(=O)C1(Cl)Cl.CC(C)(C)C1CC(O)C1. The van der Waals surface area contributed by atoms with Crippen LogP contribution < -0.4 is 0 Å². The summed E-state index contributed by atoms with van der Waals surface area (Å²) in [6.07, 6.45) is 2.57. The lowest BCUT2D eigenvalue weighted by molar-refractivity contribution is -0.131. The van der Waals surface area contributed by atoms with Crippen LogP contribution in [0.1, 0.15) is 60.8 Å². The van der Waals surface area contributed by atoms with E-state index in [-0.39, 0.29) is 23.2 Å². The summed E-state index contributed by atoms with van der Waals surface area (Å²) < 4.78 is -1.11. The summed E-state index contributed by atoms with van der Waals surface area (Å²) in [5.41, 5.74) is 0.441. The summed E-state index contributed by atoms with van der Waals surface area (Å²) in [6.45, 7) is 12.9. The smallest absolute Gasteiger partial charge is 0.179 e. The van der Waals surface area contributed by atoms with Gasteiger partial charge in [0.15, 0.2) is 10.1 Å². The standard InChI is InChI=1S/C8H12Cl2O.C8H16O/c1-7(2,3)5-4-6(11)8(5,9)10;1-8(2,3)6-4-7(9)5-6/h5H,4H2,1-3H3;6-7,9H,4-5H2,1-3H3. The fraction of sp³-hybridized carbons (Fsp3) is 0.938. The van der Waals surface area contributed by atoms with E-state index in [1.54, 1.807) is 0 Å². The maximum absolute atomic E-state index is 10.9. The van der Waals surface area contributed by atoms with Crippen LogP contribution in [0.2, 0.25) is 0 Å². The van der Waals surface area contributed by atoms with Gasteiger partial charge in [0.2, 0.25) is 0 Å². The number of ketones is 1. The van der Waals surface area contributed by atoms with Crippen molar-refractivity contribution in [2.24, 2.45) is 22.7 Å². The highest BCUT2D eigenvalue weighted by Crippen LogP contribution is 2.52. The highest BCUT2D eigenvalue weighted by molar-refractivity contribution is 6.60. The Morgan fingerprint density at radius 3 is 1.60 bits per heavy atom. The van der Waals surface area contributed by atoms with Crippen molar-refractivity contribution in [2.75, 3.05) is 0 Å². The number of hydrogen-bond acceptors (Lipinski definition) is 2. The lowest BCUT2D eigenvalue weighted by Gasteiger charge is -2.45. The van der Waals surface area contributed by atoms with Gasteiger partial charge in [-0.3, -0.25) is 4.79 Å². The first-order chi connectivity index (χ1) is 8.76. The average Bonchev–Trinajstić information content (AvgIpc) is 2.19. The number of aliphatic hydroxyl groups excluding tert-OH is 1. The number of carbonyl (C=O) groups is 1. The summed E-state index contributed by atoms with van der Waals surface area (Å²) in [6, 6.07) is 0. The molecule has 0 saturated heterocycles. The van der Waals surface area contributed by atoms with E-state index in [4.69, 9.17) is 28.3 Å². The molecule has 1 unspecified atom stereocenters. The van der Waals surface area contributed by atoms with Crippen LogP contribution in [0.4, 0.5) is 0 Å². The Bertz CT molecular complexity index is 358. The van der Waals surface area contributed by atoms with E-state index < -0.39 is 4.33 Å². The number of rotatable bonds is 0. The molecule has 1 atom stereocenters. The number of halogens is 2. The maximum Gasteiger partial charge on any atom is 0.179 e. The van der Waals surface area contributed by atoms with Crippen molar-refractivity contribution in [3.05, 3.63) is 0 Å². The lowest BCUT2D eigenvalue weighted by atomic mass is 9.67. The van der Waals surface area contributed by atoms with Crippen molar-refractivity contribution < 1.29 is 9.90 Å². The van der Waals surface area contributed by atoms with Crippen LogP contribution >= 0.6 is 23.2 Å². The summed E-state index contributed by atoms with van der Waals surface area (Å²) in [4.78, 5) is 10.9. The molecule has 0 heterocycles. The zero-order chi connectivity index (χ0) is 15.9. The largest absolute Gasteiger partial charge is 0.393 e.